The number of rotatable bonds is 8. The Bertz CT molecular complexity index is 610. The van der Waals surface area contributed by atoms with Gasteiger partial charge in [-0.2, -0.15) is 0 Å². The Kier molecular flexibility index (Phi) is 7.90. The first-order chi connectivity index (χ1) is 11.7. The highest BCUT2D eigenvalue weighted by molar-refractivity contribution is 5.95. The van der Waals surface area contributed by atoms with Gasteiger partial charge < -0.3 is 19.9 Å². The number of hydrogen-bond acceptors (Lipinski definition) is 5. The third kappa shape index (κ3) is 5.74. The smallest absolute Gasteiger partial charge is 0.342 e. The topological polar surface area (TPSA) is 84.9 Å². The lowest BCUT2D eigenvalue weighted by molar-refractivity contribution is -0.129. The third-order valence-corrected chi connectivity index (χ3v) is 3.93. The molecule has 0 saturated heterocycles. The van der Waals surface area contributed by atoms with E-state index in [1.165, 1.54) is 14.0 Å². The summed E-state index contributed by atoms with van der Waals surface area (Å²) in [6.45, 7) is 10.1. The Morgan fingerprint density at radius 3 is 2.28 bits per heavy atom. The van der Waals surface area contributed by atoms with Gasteiger partial charge >= 0.3 is 5.97 Å². The molecule has 0 aliphatic carbocycles. The van der Waals surface area contributed by atoms with Gasteiger partial charge in [0.25, 0.3) is 5.91 Å². The van der Waals surface area contributed by atoms with Crippen molar-refractivity contribution in [2.24, 2.45) is 0 Å². The van der Waals surface area contributed by atoms with Gasteiger partial charge in [-0.25, -0.2) is 4.79 Å². The van der Waals surface area contributed by atoms with Gasteiger partial charge in [-0.05, 0) is 36.0 Å². The maximum atomic E-state index is 12.5. The summed E-state index contributed by atoms with van der Waals surface area (Å²) >= 11 is 0. The van der Waals surface area contributed by atoms with Crippen LogP contribution in [0.25, 0.3) is 0 Å². The minimum atomic E-state index is -0.964. The Morgan fingerprint density at radius 1 is 1.12 bits per heavy atom. The van der Waals surface area contributed by atoms with Crippen LogP contribution in [0.4, 0.5) is 0 Å². The summed E-state index contributed by atoms with van der Waals surface area (Å²) in [5.41, 5.74) is 1.72. The van der Waals surface area contributed by atoms with Crippen molar-refractivity contribution in [1.82, 2.24) is 5.32 Å². The molecule has 0 bridgehead atoms. The van der Waals surface area contributed by atoms with E-state index in [0.717, 1.165) is 5.56 Å². The molecule has 0 fully saturated rings. The van der Waals surface area contributed by atoms with Crippen LogP contribution in [0.15, 0.2) is 12.1 Å². The molecule has 140 valence electrons. The van der Waals surface area contributed by atoms with E-state index in [2.05, 4.69) is 5.32 Å². The predicted molar refractivity (Wildman–Crippen MR) is 96.0 cm³/mol. The van der Waals surface area contributed by atoms with Crippen LogP contribution in [0, 0.1) is 0 Å². The van der Waals surface area contributed by atoms with Crippen molar-refractivity contribution in [2.75, 3.05) is 20.3 Å². The molecule has 0 spiro atoms. The average molecular weight is 351 g/mol. The number of carbonyl (C=O) groups excluding carboxylic acids is 2. The van der Waals surface area contributed by atoms with E-state index in [4.69, 9.17) is 9.47 Å². The van der Waals surface area contributed by atoms with Gasteiger partial charge in [0.05, 0.1) is 6.61 Å². The van der Waals surface area contributed by atoms with Crippen molar-refractivity contribution >= 4 is 11.9 Å². The molecule has 0 radical (unpaired) electrons. The van der Waals surface area contributed by atoms with E-state index < -0.39 is 18.0 Å². The summed E-state index contributed by atoms with van der Waals surface area (Å²) < 4.78 is 10.1. The van der Waals surface area contributed by atoms with Crippen molar-refractivity contribution in [3.8, 4) is 5.75 Å². The van der Waals surface area contributed by atoms with Crippen molar-refractivity contribution in [1.29, 1.82) is 0 Å². The minimum Gasteiger partial charge on any atom is -0.507 e. The maximum Gasteiger partial charge on any atom is 0.342 e. The number of esters is 1. The second-order valence-electron chi connectivity index (χ2n) is 6.65. The first-order valence-electron chi connectivity index (χ1n) is 8.53. The fraction of sp³-hybridized carbons (Fsp3) is 0.579. The number of nitrogens with one attached hydrogen (secondary N) is 1. The first-order valence-corrected chi connectivity index (χ1v) is 8.53. The number of methoxy groups -OCH3 is 1. The molecular formula is C19H29NO5. The third-order valence-electron chi connectivity index (χ3n) is 3.93. The van der Waals surface area contributed by atoms with Gasteiger partial charge in [-0.3, -0.25) is 4.79 Å². The lowest BCUT2D eigenvalue weighted by atomic mass is 9.92. The van der Waals surface area contributed by atoms with E-state index in [9.17, 15) is 14.7 Å². The summed E-state index contributed by atoms with van der Waals surface area (Å²) in [7, 11) is 1.53. The van der Waals surface area contributed by atoms with Crippen LogP contribution in [-0.4, -0.2) is 43.3 Å². The minimum absolute atomic E-state index is 0.0556. The normalized spacial score (nSPS) is 12.3. The number of benzene rings is 1. The highest BCUT2D eigenvalue weighted by atomic mass is 16.5. The monoisotopic (exact) mass is 351 g/mol. The Hall–Kier alpha value is -2.08. The molecule has 1 amide bonds. The van der Waals surface area contributed by atoms with Crippen LogP contribution in [0.5, 0.6) is 5.75 Å². The van der Waals surface area contributed by atoms with Gasteiger partial charge in [0, 0.05) is 13.7 Å². The standard InChI is InChI=1S/C19H29NO5/c1-11(2)14-9-15(12(3)4)17(21)16(10-14)19(23)25-13(5)18(22)20-7-8-24-6/h9-13,21H,7-8H2,1-6H3,(H,20,22)/t13-/m0/s1. The molecular weight excluding hydrogens is 322 g/mol. The zero-order chi connectivity index (χ0) is 19.1. The number of carbonyl (C=O) groups is 2. The fourth-order valence-corrected chi connectivity index (χ4v) is 2.31. The summed E-state index contributed by atoms with van der Waals surface area (Å²) in [6, 6.07) is 3.53. The van der Waals surface area contributed by atoms with Crippen LogP contribution in [-0.2, 0) is 14.3 Å². The second-order valence-corrected chi connectivity index (χ2v) is 6.65. The molecule has 0 aliphatic heterocycles. The Morgan fingerprint density at radius 2 is 1.76 bits per heavy atom. The van der Waals surface area contributed by atoms with Gasteiger partial charge in [0.1, 0.15) is 11.3 Å². The van der Waals surface area contributed by atoms with E-state index in [1.807, 2.05) is 33.8 Å². The first kappa shape index (κ1) is 21.0. The van der Waals surface area contributed by atoms with E-state index in [-0.39, 0.29) is 23.1 Å². The second kappa shape index (κ2) is 9.42. The summed E-state index contributed by atoms with van der Waals surface area (Å²) in [5, 5.41) is 13.1. The molecule has 6 nitrogen and oxygen atoms in total. The maximum absolute atomic E-state index is 12.5. The van der Waals surface area contributed by atoms with Gasteiger partial charge in [0.2, 0.25) is 0 Å². The van der Waals surface area contributed by atoms with Crippen molar-refractivity contribution < 1.29 is 24.2 Å². The van der Waals surface area contributed by atoms with Gasteiger partial charge in [-0.1, -0.05) is 33.8 Å². The number of phenolic OH excluding ortho intramolecular Hbond substituents is 1. The number of aromatic hydroxyl groups is 1. The number of amides is 1. The molecule has 1 rings (SSSR count). The van der Waals surface area contributed by atoms with Gasteiger partial charge in [0.15, 0.2) is 6.10 Å². The number of ether oxygens (including phenoxy) is 2. The van der Waals surface area contributed by atoms with Gasteiger partial charge in [-0.15, -0.1) is 0 Å². The van der Waals surface area contributed by atoms with Crippen LogP contribution in [0.1, 0.15) is 67.9 Å². The zero-order valence-electron chi connectivity index (χ0n) is 15.9. The molecule has 0 aromatic heterocycles. The molecule has 6 heteroatoms. The molecule has 25 heavy (non-hydrogen) atoms. The fourth-order valence-electron chi connectivity index (χ4n) is 2.31. The summed E-state index contributed by atoms with van der Waals surface area (Å²) in [6.07, 6.45) is -0.964. The molecule has 1 aromatic carbocycles. The molecule has 2 N–H and O–H groups in total. The van der Waals surface area contributed by atoms with E-state index in [0.29, 0.717) is 18.7 Å². The molecule has 0 heterocycles. The van der Waals surface area contributed by atoms with Crippen LogP contribution < -0.4 is 5.32 Å². The van der Waals surface area contributed by atoms with E-state index >= 15 is 0 Å². The highest BCUT2D eigenvalue weighted by Crippen LogP contribution is 2.33. The molecule has 0 saturated carbocycles. The van der Waals surface area contributed by atoms with E-state index in [1.54, 1.807) is 6.07 Å². The SMILES string of the molecule is COCCNC(=O)[C@H](C)OC(=O)c1cc(C(C)C)cc(C(C)C)c1O. The highest BCUT2D eigenvalue weighted by Gasteiger charge is 2.24. The molecule has 0 aliphatic rings. The quantitative estimate of drug-likeness (QED) is 0.556. The molecule has 1 atom stereocenters. The van der Waals surface area contributed by atoms with Crippen molar-refractivity contribution in [2.45, 2.75) is 52.6 Å². The predicted octanol–water partition coefficient (Wildman–Crippen LogP) is 2.95. The van der Waals surface area contributed by atoms with Crippen molar-refractivity contribution in [3.05, 3.63) is 28.8 Å². The number of hydrogen-bond donors (Lipinski definition) is 2. The lowest BCUT2D eigenvalue weighted by Gasteiger charge is -2.18. The molecule has 1 aromatic rings. The summed E-state index contributed by atoms with van der Waals surface area (Å²) in [5.74, 6) is -0.957. The van der Waals surface area contributed by atoms with Crippen LogP contribution in [0.3, 0.4) is 0 Å². The Balaban J connectivity index is 2.98. The molecule has 0 unspecified atom stereocenters. The lowest BCUT2D eigenvalue weighted by Crippen LogP contribution is -2.37. The summed E-state index contributed by atoms with van der Waals surface area (Å²) in [4.78, 5) is 24.4. The Labute approximate surface area is 149 Å². The van der Waals surface area contributed by atoms with Crippen molar-refractivity contribution in [3.63, 3.8) is 0 Å². The average Bonchev–Trinajstić information content (AvgIpc) is 2.54. The van der Waals surface area contributed by atoms with Crippen LogP contribution >= 0.6 is 0 Å². The van der Waals surface area contributed by atoms with Crippen LogP contribution in [0.2, 0.25) is 0 Å². The number of phenols is 1. The zero-order valence-corrected chi connectivity index (χ0v) is 15.9. The largest absolute Gasteiger partial charge is 0.507 e.